The van der Waals surface area contributed by atoms with Gasteiger partial charge in [-0.2, -0.15) is 13.2 Å². The van der Waals surface area contributed by atoms with Crippen LogP contribution in [0.25, 0.3) is 0 Å². The van der Waals surface area contributed by atoms with Gasteiger partial charge >= 0.3 is 18.1 Å². The van der Waals surface area contributed by atoms with Crippen LogP contribution >= 0.6 is 7.37 Å². The minimum absolute atomic E-state index is 0.00680. The predicted octanol–water partition coefficient (Wildman–Crippen LogP) is 3.60. The number of carbonyl (C=O) groups excluding carboxylic acids is 2. The molecule has 0 heterocycles. The Hall–Kier alpha value is -2.77. The van der Waals surface area contributed by atoms with E-state index in [2.05, 4.69) is 14.5 Å². The van der Waals surface area contributed by atoms with Crippen molar-refractivity contribution >= 4 is 29.3 Å². The smallest absolute Gasteiger partial charge is 0.343 e. The van der Waals surface area contributed by atoms with E-state index in [-0.39, 0.29) is 24.3 Å². The maximum atomic E-state index is 13.6. The number of halogens is 3. The van der Waals surface area contributed by atoms with Crippen LogP contribution in [0.5, 0.6) is 0 Å². The zero-order valence-corrected chi connectivity index (χ0v) is 23.5. The van der Waals surface area contributed by atoms with Gasteiger partial charge in [-0.3, -0.25) is 4.57 Å². The molecule has 0 fully saturated rings. The van der Waals surface area contributed by atoms with Crippen LogP contribution in [-0.2, 0) is 46.9 Å². The summed E-state index contributed by atoms with van der Waals surface area (Å²) in [5.41, 5.74) is 7.05. The topological polar surface area (TPSA) is 162 Å². The van der Waals surface area contributed by atoms with Gasteiger partial charge in [0.2, 0.25) is 17.4 Å². The Morgan fingerprint density at radius 3 is 2.25 bits per heavy atom. The van der Waals surface area contributed by atoms with Crippen molar-refractivity contribution < 1.29 is 50.4 Å². The van der Waals surface area contributed by atoms with E-state index in [9.17, 15) is 40.6 Å². The second-order valence-electron chi connectivity index (χ2n) is 9.43. The maximum Gasteiger partial charge on any atom is 0.495 e. The number of hydrogen-bond acceptors (Lipinski definition) is 8. The van der Waals surface area contributed by atoms with Gasteiger partial charge in [-0.15, -0.1) is 0 Å². The highest BCUT2D eigenvalue weighted by atomic mass is 32.2. The van der Waals surface area contributed by atoms with Crippen molar-refractivity contribution in [1.29, 1.82) is 0 Å². The molecule has 0 aliphatic rings. The first-order chi connectivity index (χ1) is 18.6. The van der Waals surface area contributed by atoms with Crippen molar-refractivity contribution in [2.45, 2.75) is 51.1 Å². The van der Waals surface area contributed by atoms with Crippen molar-refractivity contribution in [3.8, 4) is 0 Å². The molecule has 2 aromatic carbocycles. The first-order valence-corrected chi connectivity index (χ1v) is 15.8. The highest BCUT2D eigenvalue weighted by Crippen LogP contribution is 2.51. The number of carbonyl (C=O) groups is 2. The van der Waals surface area contributed by atoms with E-state index in [0.717, 1.165) is 5.56 Å². The molecule has 222 valence electrons. The first-order valence-electron chi connectivity index (χ1n) is 12.2. The third kappa shape index (κ3) is 10.3. The van der Waals surface area contributed by atoms with Gasteiger partial charge in [0.15, 0.2) is 0 Å². The molecule has 0 aliphatic carbocycles. The molecular weight excluding hydrogens is 576 g/mol. The number of nitrogens with one attached hydrogen (secondary N) is 1. The molecule has 10 nitrogen and oxygen atoms in total. The Balaban J connectivity index is 2.26. The zero-order chi connectivity index (χ0) is 30.1. The largest absolute Gasteiger partial charge is 0.495 e. The number of nitrogens with two attached hydrogens (primary N) is 1. The van der Waals surface area contributed by atoms with Gasteiger partial charge in [-0.1, -0.05) is 68.4 Å². The quantitative estimate of drug-likeness (QED) is 0.175. The van der Waals surface area contributed by atoms with Gasteiger partial charge in [0, 0.05) is 12.7 Å². The Morgan fingerprint density at radius 1 is 1.05 bits per heavy atom. The second-order valence-corrected chi connectivity index (χ2v) is 13.7. The van der Waals surface area contributed by atoms with Gasteiger partial charge in [0.05, 0.1) is 11.7 Å². The number of rotatable bonds is 13. The summed E-state index contributed by atoms with van der Waals surface area (Å²) in [6, 6.07) is 14.9. The monoisotopic (exact) mass is 608 g/mol. The second kappa shape index (κ2) is 14.2. The van der Waals surface area contributed by atoms with Crippen LogP contribution in [0, 0.1) is 5.92 Å². The summed E-state index contributed by atoms with van der Waals surface area (Å²) in [4.78, 5) is 42.5. The molecule has 4 N–H and O–H groups in total. The summed E-state index contributed by atoms with van der Waals surface area (Å²) in [5, 5.41) is 0. The lowest BCUT2D eigenvalue weighted by molar-refractivity contribution is -0.286. The van der Waals surface area contributed by atoms with E-state index >= 15 is 0 Å². The Kier molecular flexibility index (Phi) is 11.9. The molecule has 40 heavy (non-hydrogen) atoms. The van der Waals surface area contributed by atoms with Crippen LogP contribution < -0.4 is 10.5 Å². The third-order valence-electron chi connectivity index (χ3n) is 5.84. The molecule has 0 aliphatic heterocycles. The predicted molar refractivity (Wildman–Crippen MR) is 140 cm³/mol. The molecule has 15 heteroatoms. The van der Waals surface area contributed by atoms with Crippen LogP contribution in [0.1, 0.15) is 42.9 Å². The number of hydrogen-bond donors (Lipinski definition) is 3. The molecule has 0 radical (unpaired) electrons. The van der Waals surface area contributed by atoms with E-state index < -0.39 is 59.3 Å². The summed E-state index contributed by atoms with van der Waals surface area (Å²) < 4.78 is 79.0. The molecule has 0 saturated heterocycles. The Labute approximate surface area is 230 Å². The average molecular weight is 609 g/mol. The van der Waals surface area contributed by atoms with Crippen molar-refractivity contribution in [1.82, 2.24) is 4.72 Å². The maximum absolute atomic E-state index is 13.6. The Morgan fingerprint density at radius 2 is 1.68 bits per heavy atom. The molecule has 0 spiro atoms. The number of alkyl halides is 3. The molecule has 3 atom stereocenters. The van der Waals surface area contributed by atoms with E-state index in [0.29, 0.717) is 12.0 Å². The van der Waals surface area contributed by atoms with Gasteiger partial charge in [-0.25, -0.2) is 32.5 Å². The normalized spacial score (nSPS) is 15.2. The minimum Gasteiger partial charge on any atom is -0.343 e. The van der Waals surface area contributed by atoms with Crippen LogP contribution in [-0.4, -0.2) is 49.1 Å². The number of sulfonamides is 1. The fourth-order valence-corrected chi connectivity index (χ4v) is 8.32. The van der Waals surface area contributed by atoms with Crippen molar-refractivity contribution in [3.63, 3.8) is 0 Å². The van der Waals surface area contributed by atoms with E-state index in [1.807, 2.05) is 30.3 Å². The van der Waals surface area contributed by atoms with Crippen LogP contribution in [0.3, 0.4) is 0 Å². The summed E-state index contributed by atoms with van der Waals surface area (Å²) in [7, 11) is -8.67. The fraction of sp³-hybridized carbons (Fsp3) is 0.440. The highest BCUT2D eigenvalue weighted by Gasteiger charge is 2.45. The summed E-state index contributed by atoms with van der Waals surface area (Å²) >= 11 is 0. The SMILES string of the molecule is CC(C)[C@H](NS(=O)(=O)CCCc1ccccc1)P(=O)(O)C[C@H](C(=O)OOC(=O)C(F)(F)F)c1cccc(CN)c1. The standard InChI is InChI=1S/C25H32F3N2O8PS/c1-17(2)22(30-40(35,36)13-7-11-18-8-4-3-5-9-18)39(33,34)16-21(20-12-6-10-19(14-20)15-29)23(31)37-38-24(32)25(26,27)28/h3-6,8-10,12,14,17,21-22,30H,7,11,13,15-16,29H2,1-2H3,(H,33,34)/t21-,22+/m0/s1. The fourth-order valence-electron chi connectivity index (χ4n) is 3.85. The Bertz CT molecular complexity index is 1310. The van der Waals surface area contributed by atoms with Gasteiger partial charge in [0.1, 0.15) is 5.78 Å². The molecule has 2 aromatic rings. The third-order valence-corrected chi connectivity index (χ3v) is 9.93. The van der Waals surface area contributed by atoms with Gasteiger partial charge in [0.25, 0.3) is 0 Å². The van der Waals surface area contributed by atoms with Crippen molar-refractivity contribution in [2.75, 3.05) is 11.9 Å². The minimum atomic E-state index is -5.46. The van der Waals surface area contributed by atoms with Gasteiger partial charge < -0.3 is 10.6 Å². The van der Waals surface area contributed by atoms with E-state index in [1.54, 1.807) is 6.07 Å². The molecule has 0 amide bonds. The van der Waals surface area contributed by atoms with E-state index in [1.165, 1.54) is 32.0 Å². The lowest BCUT2D eigenvalue weighted by Crippen LogP contribution is -2.41. The first kappa shape index (κ1) is 33.4. The highest BCUT2D eigenvalue weighted by molar-refractivity contribution is 7.89. The zero-order valence-electron chi connectivity index (χ0n) is 21.8. The molecule has 2 rings (SSSR count). The van der Waals surface area contributed by atoms with Gasteiger partial charge in [-0.05, 0) is 35.4 Å². The lowest BCUT2D eigenvalue weighted by Gasteiger charge is -2.29. The van der Waals surface area contributed by atoms with E-state index in [4.69, 9.17) is 5.73 Å². The summed E-state index contributed by atoms with van der Waals surface area (Å²) in [5.74, 6) is -8.68. The summed E-state index contributed by atoms with van der Waals surface area (Å²) in [6.45, 7) is 2.99. The molecule has 0 saturated carbocycles. The molecular formula is C25H32F3N2O8PS. The van der Waals surface area contributed by atoms with Crippen LogP contribution in [0.4, 0.5) is 13.2 Å². The molecule has 1 unspecified atom stereocenters. The lowest BCUT2D eigenvalue weighted by atomic mass is 9.99. The van der Waals surface area contributed by atoms with Crippen molar-refractivity contribution in [2.24, 2.45) is 11.7 Å². The average Bonchev–Trinajstić information content (AvgIpc) is 2.88. The molecule has 0 aromatic heterocycles. The van der Waals surface area contributed by atoms with Crippen molar-refractivity contribution in [3.05, 3.63) is 71.3 Å². The number of benzene rings is 2. The number of aryl methyl sites for hydroxylation is 1. The van der Waals surface area contributed by atoms with Crippen LogP contribution in [0.15, 0.2) is 54.6 Å². The van der Waals surface area contributed by atoms with Crippen LogP contribution in [0.2, 0.25) is 0 Å². The molecule has 0 bridgehead atoms. The summed E-state index contributed by atoms with van der Waals surface area (Å²) in [6.07, 6.45) is -5.71.